The number of rotatable bonds is 7. The topological polar surface area (TPSA) is 127 Å². The zero-order chi connectivity index (χ0) is 26.5. The van der Waals surface area contributed by atoms with E-state index >= 15 is 0 Å². The van der Waals surface area contributed by atoms with E-state index in [2.05, 4.69) is 15.6 Å². The van der Waals surface area contributed by atoms with Gasteiger partial charge in [-0.05, 0) is 62.9 Å². The van der Waals surface area contributed by atoms with Gasteiger partial charge in [0.15, 0.2) is 0 Å². The number of anilines is 1. The molecule has 9 nitrogen and oxygen atoms in total. The lowest BCUT2D eigenvalue weighted by Gasteiger charge is -2.28. The van der Waals surface area contributed by atoms with E-state index in [-0.39, 0.29) is 24.9 Å². The van der Waals surface area contributed by atoms with Crippen LogP contribution in [-0.4, -0.2) is 52.5 Å². The van der Waals surface area contributed by atoms with E-state index < -0.39 is 23.7 Å². The van der Waals surface area contributed by atoms with E-state index in [4.69, 9.17) is 33.7 Å². The highest BCUT2D eigenvalue weighted by Crippen LogP contribution is 2.27. The maximum atomic E-state index is 13.2. The smallest absolute Gasteiger partial charge is 0.410 e. The fraction of sp³-hybridized carbons (Fsp3) is 0.440. The van der Waals surface area contributed by atoms with Gasteiger partial charge < -0.3 is 21.1 Å². The Labute approximate surface area is 220 Å². The number of halogens is 2. The van der Waals surface area contributed by atoms with Crippen LogP contribution in [0.4, 0.5) is 10.6 Å². The van der Waals surface area contributed by atoms with Crippen LogP contribution < -0.4 is 16.4 Å². The van der Waals surface area contributed by atoms with Gasteiger partial charge in [-0.1, -0.05) is 35.3 Å². The molecule has 3 rings (SSSR count). The van der Waals surface area contributed by atoms with Crippen LogP contribution in [-0.2, 0) is 20.9 Å². The summed E-state index contributed by atoms with van der Waals surface area (Å²) in [6.45, 7) is 5.98. The van der Waals surface area contributed by atoms with Crippen LogP contribution in [0.3, 0.4) is 0 Å². The second kappa shape index (κ2) is 11.8. The number of aromatic nitrogens is 1. The number of nitrogens with two attached hydrogens (primary N) is 1. The fourth-order valence-electron chi connectivity index (χ4n) is 3.84. The number of carbonyl (C=O) groups is 3. The lowest BCUT2D eigenvalue weighted by atomic mass is 9.97. The van der Waals surface area contributed by atoms with E-state index in [1.165, 1.54) is 4.90 Å². The number of likely N-dealkylation sites (tertiary alicyclic amines) is 1. The van der Waals surface area contributed by atoms with Crippen LogP contribution in [0.25, 0.3) is 0 Å². The second-order valence-corrected chi connectivity index (χ2v) is 10.4. The SMILES string of the molecule is CC(C)(C)OC(=O)N1CCC[C@@H]1C(=O)NC[C@H](C(=O)NCc1ccc(N)nc1)c1ccc(Cl)c(Cl)c1. The molecule has 1 aromatic carbocycles. The molecule has 2 aromatic rings. The van der Waals surface area contributed by atoms with E-state index in [0.29, 0.717) is 40.8 Å². The summed E-state index contributed by atoms with van der Waals surface area (Å²) in [6, 6.07) is 7.65. The minimum absolute atomic E-state index is 0.00126. The van der Waals surface area contributed by atoms with Gasteiger partial charge in [-0.25, -0.2) is 9.78 Å². The van der Waals surface area contributed by atoms with E-state index in [9.17, 15) is 14.4 Å². The van der Waals surface area contributed by atoms with Crippen LogP contribution in [0.5, 0.6) is 0 Å². The Bertz CT molecular complexity index is 1100. The molecule has 11 heteroatoms. The highest BCUT2D eigenvalue weighted by atomic mass is 35.5. The fourth-order valence-corrected chi connectivity index (χ4v) is 4.15. The molecule has 36 heavy (non-hydrogen) atoms. The molecule has 1 saturated heterocycles. The molecule has 1 aromatic heterocycles. The standard InChI is InChI=1S/C25H31Cl2N5O4/c1-25(2,3)36-24(35)32-10-4-5-20(32)23(34)31-14-17(16-7-8-18(26)19(27)11-16)22(33)30-13-15-6-9-21(28)29-12-15/h6-9,11-12,17,20H,4-5,10,13-14H2,1-3H3,(H2,28,29)(H,30,33)(H,31,34)/t17-,20+/m0/s1. The number of ether oxygens (including phenoxy) is 1. The van der Waals surface area contributed by atoms with Gasteiger partial charge in [-0.2, -0.15) is 0 Å². The minimum atomic E-state index is -0.748. The second-order valence-electron chi connectivity index (χ2n) is 9.61. The average molecular weight is 536 g/mol. The monoisotopic (exact) mass is 535 g/mol. The maximum Gasteiger partial charge on any atom is 0.410 e. The van der Waals surface area contributed by atoms with Crippen molar-refractivity contribution in [3.05, 3.63) is 57.7 Å². The molecule has 194 valence electrons. The molecule has 1 fully saturated rings. The maximum absolute atomic E-state index is 13.2. The first kappa shape index (κ1) is 27.5. The number of hydrogen-bond donors (Lipinski definition) is 3. The summed E-state index contributed by atoms with van der Waals surface area (Å²) < 4.78 is 5.44. The molecule has 0 spiro atoms. The van der Waals surface area contributed by atoms with Crippen molar-refractivity contribution in [1.82, 2.24) is 20.5 Å². The Kier molecular flexibility index (Phi) is 9.03. The number of benzene rings is 1. The third-order valence-electron chi connectivity index (χ3n) is 5.64. The zero-order valence-electron chi connectivity index (χ0n) is 20.5. The number of hydrogen-bond acceptors (Lipinski definition) is 6. The predicted molar refractivity (Wildman–Crippen MR) is 139 cm³/mol. The molecule has 1 aliphatic heterocycles. The summed E-state index contributed by atoms with van der Waals surface area (Å²) in [5.74, 6) is -1.03. The Hall–Kier alpha value is -3.04. The minimum Gasteiger partial charge on any atom is -0.444 e. The van der Waals surface area contributed by atoms with Crippen molar-refractivity contribution in [3.63, 3.8) is 0 Å². The Morgan fingerprint density at radius 2 is 1.92 bits per heavy atom. The number of nitrogens with one attached hydrogen (secondary N) is 2. The Morgan fingerprint density at radius 3 is 2.56 bits per heavy atom. The molecule has 2 atom stereocenters. The normalized spacial score (nSPS) is 16.4. The van der Waals surface area contributed by atoms with Gasteiger partial charge in [-0.15, -0.1) is 0 Å². The highest BCUT2D eigenvalue weighted by molar-refractivity contribution is 6.42. The molecule has 0 radical (unpaired) electrons. The van der Waals surface area contributed by atoms with Crippen molar-refractivity contribution in [2.45, 2.75) is 57.7 Å². The Morgan fingerprint density at radius 1 is 1.17 bits per heavy atom. The van der Waals surface area contributed by atoms with E-state index in [0.717, 1.165) is 5.56 Å². The molecular formula is C25H31Cl2N5O4. The molecular weight excluding hydrogens is 505 g/mol. The number of nitrogen functional groups attached to an aromatic ring is 1. The number of carbonyl (C=O) groups excluding carboxylic acids is 3. The van der Waals surface area contributed by atoms with Gasteiger partial charge in [0.2, 0.25) is 11.8 Å². The van der Waals surface area contributed by atoms with Gasteiger partial charge in [0.25, 0.3) is 0 Å². The van der Waals surface area contributed by atoms with Crippen molar-refractivity contribution >= 4 is 46.9 Å². The van der Waals surface area contributed by atoms with Crippen LogP contribution >= 0.6 is 23.2 Å². The molecule has 0 unspecified atom stereocenters. The average Bonchev–Trinajstić information content (AvgIpc) is 3.30. The van der Waals surface area contributed by atoms with Gasteiger partial charge in [0, 0.05) is 25.8 Å². The molecule has 2 heterocycles. The van der Waals surface area contributed by atoms with Crippen molar-refractivity contribution in [2.75, 3.05) is 18.8 Å². The summed E-state index contributed by atoms with van der Waals surface area (Å²) in [5, 5.41) is 6.36. The summed E-state index contributed by atoms with van der Waals surface area (Å²) in [7, 11) is 0. The largest absolute Gasteiger partial charge is 0.444 e. The molecule has 0 saturated carbocycles. The highest BCUT2D eigenvalue weighted by Gasteiger charge is 2.37. The van der Waals surface area contributed by atoms with Crippen molar-refractivity contribution in [1.29, 1.82) is 0 Å². The quantitative estimate of drug-likeness (QED) is 0.493. The van der Waals surface area contributed by atoms with Crippen LogP contribution in [0, 0.1) is 0 Å². The van der Waals surface area contributed by atoms with E-state index in [1.807, 2.05) is 0 Å². The third-order valence-corrected chi connectivity index (χ3v) is 6.38. The first-order valence-corrected chi connectivity index (χ1v) is 12.4. The lowest BCUT2D eigenvalue weighted by Crippen LogP contribution is -2.49. The van der Waals surface area contributed by atoms with Gasteiger partial charge in [0.05, 0.1) is 16.0 Å². The van der Waals surface area contributed by atoms with Crippen LogP contribution in [0.1, 0.15) is 50.7 Å². The van der Waals surface area contributed by atoms with Crippen LogP contribution in [0.2, 0.25) is 10.0 Å². The summed E-state index contributed by atoms with van der Waals surface area (Å²) in [6.07, 6.45) is 2.25. The van der Waals surface area contributed by atoms with Gasteiger partial charge in [0.1, 0.15) is 17.5 Å². The van der Waals surface area contributed by atoms with Gasteiger partial charge in [-0.3, -0.25) is 14.5 Å². The summed E-state index contributed by atoms with van der Waals surface area (Å²) in [5.41, 5.74) is 6.31. The predicted octanol–water partition coefficient (Wildman–Crippen LogP) is 3.89. The summed E-state index contributed by atoms with van der Waals surface area (Å²) in [4.78, 5) is 44.3. The number of nitrogens with zero attached hydrogens (tertiary/aromatic N) is 2. The first-order chi connectivity index (χ1) is 16.9. The Balaban J connectivity index is 1.71. The molecule has 0 aliphatic carbocycles. The van der Waals surface area contributed by atoms with Gasteiger partial charge >= 0.3 is 6.09 Å². The molecule has 4 N–H and O–H groups in total. The summed E-state index contributed by atoms with van der Waals surface area (Å²) >= 11 is 12.2. The number of pyridine rings is 1. The van der Waals surface area contributed by atoms with E-state index in [1.54, 1.807) is 57.3 Å². The van der Waals surface area contributed by atoms with Crippen molar-refractivity contribution < 1.29 is 19.1 Å². The molecule has 1 aliphatic rings. The van der Waals surface area contributed by atoms with Crippen LogP contribution in [0.15, 0.2) is 36.5 Å². The van der Waals surface area contributed by atoms with Crippen molar-refractivity contribution in [3.8, 4) is 0 Å². The zero-order valence-corrected chi connectivity index (χ0v) is 22.0. The third kappa shape index (κ3) is 7.48. The molecule has 0 bridgehead atoms. The van der Waals surface area contributed by atoms with Crippen molar-refractivity contribution in [2.24, 2.45) is 0 Å². The molecule has 3 amide bonds. The first-order valence-electron chi connectivity index (χ1n) is 11.6. The lowest BCUT2D eigenvalue weighted by molar-refractivity contribution is -0.126. The number of amides is 3.